The number of para-hydroxylation sites is 2. The molecule has 0 aliphatic heterocycles. The van der Waals surface area contributed by atoms with Crippen molar-refractivity contribution >= 4 is 44.9 Å². The molecule has 4 nitrogen and oxygen atoms in total. The standard InChI is InChI=1S/C16H12BrN3OS/c17-15-7-5-12(22-15)6-8-16(21)19-13-3-1-2-4-14(13)20-10-9-18-11-20/h1-11H,(H,19,21)/b8-6+. The molecular weight excluding hydrogens is 362 g/mol. The average molecular weight is 374 g/mol. The number of nitrogens with one attached hydrogen (secondary N) is 1. The van der Waals surface area contributed by atoms with E-state index in [1.165, 1.54) is 6.08 Å². The molecule has 0 aliphatic carbocycles. The number of hydrogen-bond acceptors (Lipinski definition) is 3. The number of halogens is 1. The van der Waals surface area contributed by atoms with Gasteiger partial charge in [0.15, 0.2) is 0 Å². The Hall–Kier alpha value is -2.18. The van der Waals surface area contributed by atoms with Crippen molar-refractivity contribution < 1.29 is 4.79 Å². The molecule has 6 heteroatoms. The van der Waals surface area contributed by atoms with E-state index >= 15 is 0 Å². The smallest absolute Gasteiger partial charge is 0.248 e. The number of imidazole rings is 1. The van der Waals surface area contributed by atoms with Crippen LogP contribution in [0, 0.1) is 0 Å². The Morgan fingerprint density at radius 1 is 1.27 bits per heavy atom. The molecule has 2 aromatic heterocycles. The number of amides is 1. The van der Waals surface area contributed by atoms with Gasteiger partial charge in [0, 0.05) is 23.3 Å². The number of aromatic nitrogens is 2. The highest BCUT2D eigenvalue weighted by atomic mass is 79.9. The molecule has 0 atom stereocenters. The van der Waals surface area contributed by atoms with Crippen LogP contribution in [0.5, 0.6) is 0 Å². The first-order valence-electron chi connectivity index (χ1n) is 6.54. The van der Waals surface area contributed by atoms with Gasteiger partial charge in [-0.2, -0.15) is 0 Å². The first-order chi connectivity index (χ1) is 10.7. The second kappa shape index (κ2) is 6.72. The van der Waals surface area contributed by atoms with Crippen LogP contribution in [0.3, 0.4) is 0 Å². The highest BCUT2D eigenvalue weighted by Crippen LogP contribution is 2.23. The van der Waals surface area contributed by atoms with Crippen LogP contribution < -0.4 is 5.32 Å². The number of carbonyl (C=O) groups excluding carboxylic acids is 1. The van der Waals surface area contributed by atoms with E-state index in [1.54, 1.807) is 29.9 Å². The molecule has 22 heavy (non-hydrogen) atoms. The molecule has 3 aromatic rings. The van der Waals surface area contributed by atoms with Crippen LogP contribution in [0.4, 0.5) is 5.69 Å². The topological polar surface area (TPSA) is 46.9 Å². The molecule has 3 rings (SSSR count). The van der Waals surface area contributed by atoms with Gasteiger partial charge in [0.05, 0.1) is 21.5 Å². The van der Waals surface area contributed by atoms with Crippen LogP contribution in [0.15, 0.2) is 65.0 Å². The third-order valence-corrected chi connectivity index (χ3v) is 4.53. The third-order valence-electron chi connectivity index (χ3n) is 2.94. The average Bonchev–Trinajstić information content (AvgIpc) is 3.17. The van der Waals surface area contributed by atoms with Crippen LogP contribution in [0.2, 0.25) is 0 Å². The van der Waals surface area contributed by atoms with Crippen molar-refractivity contribution in [3.63, 3.8) is 0 Å². The minimum atomic E-state index is -0.169. The van der Waals surface area contributed by atoms with E-state index in [-0.39, 0.29) is 5.91 Å². The fraction of sp³-hybridized carbons (Fsp3) is 0. The number of anilines is 1. The van der Waals surface area contributed by atoms with Gasteiger partial charge in [-0.3, -0.25) is 4.79 Å². The summed E-state index contributed by atoms with van der Waals surface area (Å²) in [5.74, 6) is -0.169. The Bertz CT molecular complexity index is 808. The van der Waals surface area contributed by atoms with E-state index < -0.39 is 0 Å². The van der Waals surface area contributed by atoms with Crippen LogP contribution in [0.1, 0.15) is 4.88 Å². The van der Waals surface area contributed by atoms with Crippen molar-refractivity contribution in [3.8, 4) is 5.69 Å². The van der Waals surface area contributed by atoms with Gasteiger partial charge < -0.3 is 9.88 Å². The van der Waals surface area contributed by atoms with Crippen molar-refractivity contribution in [2.24, 2.45) is 0 Å². The molecule has 1 aromatic carbocycles. The Labute approximate surface area is 140 Å². The minimum absolute atomic E-state index is 0.169. The summed E-state index contributed by atoms with van der Waals surface area (Å²) in [4.78, 5) is 17.1. The largest absolute Gasteiger partial charge is 0.321 e. The Morgan fingerprint density at radius 3 is 2.86 bits per heavy atom. The van der Waals surface area contributed by atoms with Gasteiger partial charge in [0.2, 0.25) is 5.91 Å². The number of hydrogen-bond donors (Lipinski definition) is 1. The molecule has 0 spiro atoms. The lowest BCUT2D eigenvalue weighted by Gasteiger charge is -2.10. The lowest BCUT2D eigenvalue weighted by Crippen LogP contribution is -2.10. The van der Waals surface area contributed by atoms with E-state index in [0.717, 1.165) is 20.0 Å². The molecule has 1 N–H and O–H groups in total. The molecular formula is C16H12BrN3OS. The number of carbonyl (C=O) groups is 1. The zero-order valence-electron chi connectivity index (χ0n) is 11.4. The molecule has 1 amide bonds. The zero-order chi connectivity index (χ0) is 15.4. The maximum atomic E-state index is 12.1. The fourth-order valence-corrected chi connectivity index (χ4v) is 3.28. The molecule has 0 fully saturated rings. The summed E-state index contributed by atoms with van der Waals surface area (Å²) in [6.45, 7) is 0. The minimum Gasteiger partial charge on any atom is -0.321 e. The van der Waals surface area contributed by atoms with E-state index in [4.69, 9.17) is 0 Å². The van der Waals surface area contributed by atoms with Crippen molar-refractivity contribution in [2.45, 2.75) is 0 Å². The van der Waals surface area contributed by atoms with Gasteiger partial charge in [0.25, 0.3) is 0 Å². The van der Waals surface area contributed by atoms with E-state index in [2.05, 4.69) is 26.2 Å². The highest BCUT2D eigenvalue weighted by molar-refractivity contribution is 9.11. The summed E-state index contributed by atoms with van der Waals surface area (Å²) in [6, 6.07) is 11.5. The fourth-order valence-electron chi connectivity index (χ4n) is 1.96. The summed E-state index contributed by atoms with van der Waals surface area (Å²) >= 11 is 4.97. The van der Waals surface area contributed by atoms with Gasteiger partial charge in [-0.05, 0) is 46.3 Å². The second-order valence-corrected chi connectivity index (χ2v) is 6.95. The SMILES string of the molecule is O=C(/C=C/c1ccc(Br)s1)Nc1ccccc1-n1ccnc1. The van der Waals surface area contributed by atoms with Crippen LogP contribution in [-0.4, -0.2) is 15.5 Å². The Kier molecular flexibility index (Phi) is 4.50. The molecule has 0 saturated heterocycles. The van der Waals surface area contributed by atoms with E-state index in [0.29, 0.717) is 0 Å². The molecule has 0 saturated carbocycles. The normalized spacial score (nSPS) is 11.0. The molecule has 0 unspecified atom stereocenters. The summed E-state index contributed by atoms with van der Waals surface area (Å²) < 4.78 is 2.90. The predicted molar refractivity (Wildman–Crippen MR) is 93.2 cm³/mol. The Balaban J connectivity index is 1.76. The monoisotopic (exact) mass is 373 g/mol. The number of rotatable bonds is 4. The third kappa shape index (κ3) is 3.52. The lowest BCUT2D eigenvalue weighted by atomic mass is 10.2. The van der Waals surface area contributed by atoms with Gasteiger partial charge in [-0.15, -0.1) is 11.3 Å². The first-order valence-corrected chi connectivity index (χ1v) is 8.15. The van der Waals surface area contributed by atoms with Crippen molar-refractivity contribution in [3.05, 3.63) is 69.9 Å². The zero-order valence-corrected chi connectivity index (χ0v) is 13.8. The predicted octanol–water partition coefficient (Wildman–Crippen LogP) is 4.35. The maximum Gasteiger partial charge on any atom is 0.248 e. The van der Waals surface area contributed by atoms with Crippen LogP contribution in [0.25, 0.3) is 11.8 Å². The number of nitrogens with zero attached hydrogens (tertiary/aromatic N) is 2. The van der Waals surface area contributed by atoms with Crippen molar-refractivity contribution in [1.29, 1.82) is 0 Å². The van der Waals surface area contributed by atoms with Crippen molar-refractivity contribution in [2.75, 3.05) is 5.32 Å². The second-order valence-electron chi connectivity index (χ2n) is 4.45. The lowest BCUT2D eigenvalue weighted by molar-refractivity contribution is -0.111. The number of benzene rings is 1. The molecule has 2 heterocycles. The van der Waals surface area contributed by atoms with E-state index in [1.807, 2.05) is 47.2 Å². The van der Waals surface area contributed by atoms with Crippen LogP contribution in [-0.2, 0) is 4.79 Å². The Morgan fingerprint density at radius 2 is 2.14 bits per heavy atom. The molecule has 0 bridgehead atoms. The first kappa shape index (κ1) is 14.7. The molecule has 0 aliphatic rings. The quantitative estimate of drug-likeness (QED) is 0.691. The molecule has 0 radical (unpaired) electrons. The van der Waals surface area contributed by atoms with Gasteiger partial charge in [0.1, 0.15) is 0 Å². The van der Waals surface area contributed by atoms with Gasteiger partial charge >= 0.3 is 0 Å². The van der Waals surface area contributed by atoms with E-state index in [9.17, 15) is 4.79 Å². The summed E-state index contributed by atoms with van der Waals surface area (Å²) in [6.07, 6.45) is 8.56. The van der Waals surface area contributed by atoms with Gasteiger partial charge in [-0.25, -0.2) is 4.98 Å². The van der Waals surface area contributed by atoms with Crippen molar-refractivity contribution in [1.82, 2.24) is 9.55 Å². The summed E-state index contributed by atoms with van der Waals surface area (Å²) in [5.41, 5.74) is 1.61. The number of thiophene rings is 1. The summed E-state index contributed by atoms with van der Waals surface area (Å²) in [5, 5.41) is 2.89. The maximum absolute atomic E-state index is 12.1. The summed E-state index contributed by atoms with van der Waals surface area (Å²) in [7, 11) is 0. The van der Waals surface area contributed by atoms with Crippen LogP contribution >= 0.6 is 27.3 Å². The highest BCUT2D eigenvalue weighted by Gasteiger charge is 2.05. The van der Waals surface area contributed by atoms with Gasteiger partial charge in [-0.1, -0.05) is 12.1 Å². The molecule has 110 valence electrons.